The third-order valence-electron chi connectivity index (χ3n) is 9.34. The molecule has 1 aromatic heterocycles. The molecule has 0 radical (unpaired) electrons. The van der Waals surface area contributed by atoms with E-state index in [-0.39, 0.29) is 13.3 Å². The Balaban J connectivity index is 1.34. The van der Waals surface area contributed by atoms with E-state index in [9.17, 15) is 0 Å². The van der Waals surface area contributed by atoms with Crippen molar-refractivity contribution in [3.8, 4) is 5.69 Å². The van der Waals surface area contributed by atoms with Crippen molar-refractivity contribution in [1.82, 2.24) is 14.4 Å². The number of aromatic nitrogens is 1. The van der Waals surface area contributed by atoms with Crippen LogP contribution in [0.15, 0.2) is 140 Å². The number of fused-ring (bicyclic) bond motifs is 5. The van der Waals surface area contributed by atoms with Gasteiger partial charge in [-0.25, -0.2) is 0 Å². The number of hydrogen-bond donors (Lipinski definition) is 0. The van der Waals surface area contributed by atoms with Crippen LogP contribution in [0.5, 0.6) is 0 Å². The first-order chi connectivity index (χ1) is 24.0. The number of para-hydroxylation sites is 2. The summed E-state index contributed by atoms with van der Waals surface area (Å²) in [5.74, 6) is 0. The second kappa shape index (κ2) is 9.29. The second-order valence-electron chi connectivity index (χ2n) is 11.7. The second-order valence-corrected chi connectivity index (χ2v) is 11.7. The predicted octanol–water partition coefficient (Wildman–Crippen LogP) is 7.84. The van der Waals surface area contributed by atoms with Crippen LogP contribution in [0, 0.1) is 0 Å². The van der Waals surface area contributed by atoms with Crippen LogP contribution in [-0.4, -0.2) is 41.7 Å². The Morgan fingerprint density at radius 3 is 2.02 bits per heavy atom. The van der Waals surface area contributed by atoms with Gasteiger partial charge >= 0.3 is 0 Å². The Kier molecular flexibility index (Phi) is 4.16. The SMILES string of the molecule is [2H]C([2H])([2H])N1C=CN(c2cccc(C3(c4ccccc4)c4cc(N5C=CN(C([2H])([2H])[2H])C5)ccc4-n4c5ccccc5c5cccc3c54)c2)C1. The average Bonchev–Trinajstić information content (AvgIpc) is 3.88. The lowest BCUT2D eigenvalue weighted by molar-refractivity contribution is 0.495. The van der Waals surface area contributed by atoms with Gasteiger partial charge in [0.2, 0.25) is 0 Å². The van der Waals surface area contributed by atoms with Crippen LogP contribution in [0.4, 0.5) is 11.4 Å². The maximum atomic E-state index is 8.00. The lowest BCUT2D eigenvalue weighted by Gasteiger charge is -2.42. The molecule has 5 nitrogen and oxygen atoms in total. The summed E-state index contributed by atoms with van der Waals surface area (Å²) in [4.78, 5) is 6.66. The predicted molar refractivity (Wildman–Crippen MR) is 181 cm³/mol. The van der Waals surface area contributed by atoms with Crippen LogP contribution in [-0.2, 0) is 5.41 Å². The number of hydrogen-bond acceptors (Lipinski definition) is 4. The molecule has 0 aliphatic carbocycles. The van der Waals surface area contributed by atoms with Crippen LogP contribution in [0.3, 0.4) is 0 Å². The van der Waals surface area contributed by atoms with E-state index in [4.69, 9.17) is 8.22 Å². The molecule has 4 heterocycles. The molecular formula is C39H33N5. The summed E-state index contributed by atoms with van der Waals surface area (Å²) in [7, 11) is 0. The fourth-order valence-electron chi connectivity index (χ4n) is 7.48. The van der Waals surface area contributed by atoms with E-state index in [1.165, 1.54) is 15.2 Å². The summed E-state index contributed by atoms with van der Waals surface area (Å²) >= 11 is 0. The highest BCUT2D eigenvalue weighted by Crippen LogP contribution is 2.55. The minimum atomic E-state index is -2.25. The fourth-order valence-corrected chi connectivity index (χ4v) is 7.48. The van der Waals surface area contributed by atoms with Crippen LogP contribution >= 0.6 is 0 Å². The molecule has 0 saturated carbocycles. The summed E-state index contributed by atoms with van der Waals surface area (Å²) in [6.45, 7) is -4.07. The minimum absolute atomic E-state index is 0.206. The lowest BCUT2D eigenvalue weighted by atomic mass is 9.63. The van der Waals surface area contributed by atoms with Crippen molar-refractivity contribution < 1.29 is 8.22 Å². The van der Waals surface area contributed by atoms with Crippen molar-refractivity contribution in [2.45, 2.75) is 5.41 Å². The van der Waals surface area contributed by atoms with Gasteiger partial charge in [0.1, 0.15) is 0 Å². The van der Waals surface area contributed by atoms with Gasteiger partial charge in [0.25, 0.3) is 0 Å². The standard InChI is InChI=1S/C39H33N5/c1-40-20-22-42(26-40)30-13-8-12-29(24-30)39(28-10-4-3-5-11-28)34-16-9-15-33-32-14-6-7-17-36(32)44(38(33)34)37-19-18-31(25-35(37)39)43-23-21-41(2)27-43/h3-25H,26-27H2,1-2H3/i1D3,2D3. The first-order valence-electron chi connectivity index (χ1n) is 17.8. The van der Waals surface area contributed by atoms with Gasteiger partial charge in [0.05, 0.1) is 35.5 Å². The summed E-state index contributed by atoms with van der Waals surface area (Å²) in [6.07, 6.45) is 6.91. The van der Waals surface area contributed by atoms with Crippen molar-refractivity contribution in [2.24, 2.45) is 0 Å². The maximum absolute atomic E-state index is 8.00. The quantitative estimate of drug-likeness (QED) is 0.212. The highest BCUT2D eigenvalue weighted by atomic mass is 15.3. The van der Waals surface area contributed by atoms with Gasteiger partial charge < -0.3 is 24.2 Å². The molecule has 0 fully saturated rings. The van der Waals surface area contributed by atoms with Crippen LogP contribution in [0.25, 0.3) is 27.5 Å². The molecule has 0 amide bonds. The largest absolute Gasteiger partial charge is 0.361 e. The van der Waals surface area contributed by atoms with E-state index in [0.29, 0.717) is 0 Å². The molecule has 1 atom stereocenters. The molecule has 0 spiro atoms. The van der Waals surface area contributed by atoms with Crippen molar-refractivity contribution in [3.63, 3.8) is 0 Å². The van der Waals surface area contributed by atoms with E-state index in [1.807, 2.05) is 40.4 Å². The van der Waals surface area contributed by atoms with Crippen molar-refractivity contribution in [1.29, 1.82) is 0 Å². The topological polar surface area (TPSA) is 17.9 Å². The monoisotopic (exact) mass is 577 g/mol. The van der Waals surface area contributed by atoms with Crippen LogP contribution in [0.2, 0.25) is 0 Å². The molecule has 5 aromatic carbocycles. The Hall–Kier alpha value is -5.42. The van der Waals surface area contributed by atoms with Gasteiger partial charge in [0, 0.05) is 69.1 Å². The van der Waals surface area contributed by atoms with Crippen molar-refractivity contribution in [3.05, 3.63) is 162 Å². The zero-order valence-corrected chi connectivity index (χ0v) is 23.9. The molecule has 3 aliphatic heterocycles. The Bertz CT molecular complexity index is 2360. The van der Waals surface area contributed by atoms with E-state index < -0.39 is 19.4 Å². The fraction of sp³-hybridized carbons (Fsp3) is 0.128. The number of anilines is 2. The third kappa shape index (κ3) is 3.41. The molecule has 44 heavy (non-hydrogen) atoms. The number of rotatable bonds is 4. The van der Waals surface area contributed by atoms with Gasteiger partial charge in [-0.1, -0.05) is 78.9 Å². The Labute approximate surface area is 266 Å². The van der Waals surface area contributed by atoms with Gasteiger partial charge in [-0.05, 0) is 58.7 Å². The van der Waals surface area contributed by atoms with Gasteiger partial charge in [-0.3, -0.25) is 0 Å². The highest BCUT2D eigenvalue weighted by molar-refractivity contribution is 6.12. The Morgan fingerprint density at radius 1 is 0.568 bits per heavy atom. The van der Waals surface area contributed by atoms with E-state index in [2.05, 4.69) is 102 Å². The van der Waals surface area contributed by atoms with Crippen molar-refractivity contribution in [2.75, 3.05) is 37.1 Å². The first-order valence-corrected chi connectivity index (χ1v) is 14.8. The van der Waals surface area contributed by atoms with E-state index in [1.54, 1.807) is 12.4 Å². The number of benzene rings is 5. The minimum Gasteiger partial charge on any atom is -0.361 e. The van der Waals surface area contributed by atoms with Gasteiger partial charge in [0.15, 0.2) is 0 Å². The molecule has 1 unspecified atom stereocenters. The van der Waals surface area contributed by atoms with Gasteiger partial charge in [-0.2, -0.15) is 0 Å². The normalized spacial score (nSPS) is 21.3. The number of nitrogens with zero attached hydrogens (tertiary/aromatic N) is 5. The molecule has 0 saturated heterocycles. The third-order valence-corrected chi connectivity index (χ3v) is 9.34. The molecule has 0 N–H and O–H groups in total. The summed E-state index contributed by atoms with van der Waals surface area (Å²) in [5.41, 5.74) is 8.55. The average molecular weight is 578 g/mol. The Morgan fingerprint density at radius 2 is 1.25 bits per heavy atom. The molecular weight excluding hydrogens is 538 g/mol. The zero-order chi connectivity index (χ0) is 34.4. The summed E-state index contributed by atoms with van der Waals surface area (Å²) in [6, 6.07) is 40.5. The van der Waals surface area contributed by atoms with E-state index in [0.717, 1.165) is 55.7 Å². The summed E-state index contributed by atoms with van der Waals surface area (Å²) in [5, 5.41) is 2.33. The molecule has 3 aliphatic rings. The van der Waals surface area contributed by atoms with Crippen LogP contribution in [0.1, 0.15) is 30.5 Å². The van der Waals surface area contributed by atoms with Crippen LogP contribution < -0.4 is 9.80 Å². The summed E-state index contributed by atoms with van der Waals surface area (Å²) < 4.78 is 50.2. The molecule has 214 valence electrons. The highest BCUT2D eigenvalue weighted by Gasteiger charge is 2.45. The smallest absolute Gasteiger partial charge is 0.0938 e. The molecule has 5 heteroatoms. The van der Waals surface area contributed by atoms with Gasteiger partial charge in [-0.15, -0.1) is 0 Å². The lowest BCUT2D eigenvalue weighted by Crippen LogP contribution is -2.36. The maximum Gasteiger partial charge on any atom is 0.0938 e. The van der Waals surface area contributed by atoms with Crippen molar-refractivity contribution >= 4 is 33.2 Å². The zero-order valence-electron chi connectivity index (χ0n) is 29.9. The van der Waals surface area contributed by atoms with E-state index >= 15 is 0 Å². The molecule has 6 aromatic rings. The molecule has 0 bridgehead atoms. The first kappa shape index (κ1) is 19.7. The molecule has 9 rings (SSSR count).